The van der Waals surface area contributed by atoms with Crippen molar-refractivity contribution in [1.82, 2.24) is 10.6 Å². The van der Waals surface area contributed by atoms with Crippen molar-refractivity contribution in [2.45, 2.75) is 160 Å². The van der Waals surface area contributed by atoms with Gasteiger partial charge in [-0.3, -0.25) is 0 Å². The molecular formula is C39H64FeN2P2Si. The Morgan fingerprint density at radius 1 is 0.778 bits per heavy atom. The van der Waals surface area contributed by atoms with Gasteiger partial charge in [-0.25, -0.2) is 0 Å². The molecule has 252 valence electrons. The second-order valence-electron chi connectivity index (χ2n) is 25.0. The maximum atomic E-state index is 4.09. The summed E-state index contributed by atoms with van der Waals surface area (Å²) in [7, 11) is 2.90. The van der Waals surface area contributed by atoms with E-state index < -0.39 is 14.6 Å². The molecule has 9 unspecified atom stereocenters. The summed E-state index contributed by atoms with van der Waals surface area (Å²) >= 11 is 0. The third kappa shape index (κ3) is 0.789. The van der Waals surface area contributed by atoms with Gasteiger partial charge in [-0.1, -0.05) is 0 Å². The van der Waals surface area contributed by atoms with Crippen molar-refractivity contribution in [2.24, 2.45) is 35.5 Å². The fourth-order valence-electron chi connectivity index (χ4n) is 30.0. The van der Waals surface area contributed by atoms with Gasteiger partial charge in [0, 0.05) is 0 Å². The van der Waals surface area contributed by atoms with Crippen LogP contribution in [0.5, 0.6) is 0 Å². The van der Waals surface area contributed by atoms with Gasteiger partial charge in [0.25, 0.3) is 0 Å². The predicted molar refractivity (Wildman–Crippen MR) is 194 cm³/mol. The van der Waals surface area contributed by atoms with Crippen LogP contribution in [-0.4, -0.2) is 56.4 Å². The van der Waals surface area contributed by atoms with Gasteiger partial charge < -0.3 is 0 Å². The fraction of sp³-hybridized carbons (Fsp3) is 1.00. The molecule has 9 atom stereocenters. The summed E-state index contributed by atoms with van der Waals surface area (Å²) in [4.78, 5) is 9.86. The summed E-state index contributed by atoms with van der Waals surface area (Å²) in [5, 5.41) is 9.28. The molecule has 2 nitrogen and oxygen atoms in total. The van der Waals surface area contributed by atoms with E-state index in [4.69, 9.17) is 0 Å². The van der Waals surface area contributed by atoms with Crippen molar-refractivity contribution in [3.8, 4) is 0 Å². The first-order chi connectivity index (χ1) is 21.2. The average Bonchev–Trinajstić information content (AvgIpc) is 3.94. The zero-order valence-corrected chi connectivity index (χ0v) is 33.5. The van der Waals surface area contributed by atoms with E-state index in [1.807, 2.05) is 6.16 Å². The average molecular weight is 707 g/mol. The van der Waals surface area contributed by atoms with Crippen LogP contribution in [0.2, 0.25) is 65.9 Å². The molecule has 12 saturated heterocycles. The summed E-state index contributed by atoms with van der Waals surface area (Å²) < 4.78 is 2.93. The van der Waals surface area contributed by atoms with Crippen molar-refractivity contribution < 1.29 is 6.51 Å². The van der Waals surface area contributed by atoms with Crippen molar-refractivity contribution in [2.75, 3.05) is 32.3 Å². The van der Waals surface area contributed by atoms with Crippen LogP contribution in [0, 0.1) is 35.5 Å². The van der Waals surface area contributed by atoms with Crippen LogP contribution in [-0.2, 0) is 6.51 Å². The van der Waals surface area contributed by atoms with Crippen LogP contribution in [0.4, 0.5) is 0 Å². The summed E-state index contributed by atoms with van der Waals surface area (Å²) in [5.74, 6) is 6.41. The van der Waals surface area contributed by atoms with E-state index in [-0.39, 0.29) is 7.92 Å². The molecular weight excluding hydrogens is 642 g/mol. The predicted octanol–water partition coefficient (Wildman–Crippen LogP) is 10.1. The molecule has 2 N–H and O–H groups in total. The second-order valence-corrected chi connectivity index (χ2v) is 57.9. The molecule has 0 radical (unpaired) electrons. The van der Waals surface area contributed by atoms with Gasteiger partial charge >= 0.3 is 271 Å². The molecule has 16 fully saturated rings. The Balaban J connectivity index is 0.994. The topological polar surface area (TPSA) is 24.1 Å². The van der Waals surface area contributed by atoms with Crippen LogP contribution in [0.1, 0.15) is 78.6 Å². The molecule has 16 aliphatic rings. The Hall–Kier alpha value is 1.52. The number of piperidine rings is 2. The molecule has 4 bridgehead atoms. The second kappa shape index (κ2) is 4.38. The Kier molecular flexibility index (Phi) is 2.56. The standard InChI is InChI=1S/C34H59N2P2Si.C5H5.Fe/c1-33(2,3)38(32-25-14-23-13-24(16-25)17-26(32)15-23)22-27-18-30(39(4,5)6)19-31(27)34(37,28-9-7-11-35-20-28)29-10-8-12-36-21-29;1-2-4-5-3-1;/h18-19,23-26,28-29,32,35-36H,7-17,20-22,37H2,1-6H3;1-5H;. The summed E-state index contributed by atoms with van der Waals surface area (Å²) in [6, 6.07) is 0. The summed E-state index contributed by atoms with van der Waals surface area (Å²) in [5.41, 5.74) is 1.15. The first-order valence-corrected chi connectivity index (χ1v) is 32.1. The molecule has 0 amide bonds. The Bertz CT molecular complexity index is 1850. The quantitative estimate of drug-likeness (QED) is 0.204. The monoisotopic (exact) mass is 706 g/mol. The van der Waals surface area contributed by atoms with E-state index in [0.717, 1.165) is 53.7 Å². The van der Waals surface area contributed by atoms with Gasteiger partial charge in [0.2, 0.25) is 0 Å². The first-order valence-electron chi connectivity index (χ1n) is 20.3. The molecule has 4 aliphatic carbocycles. The number of rotatable bonds is 7. The van der Waals surface area contributed by atoms with Gasteiger partial charge in [0.1, 0.15) is 0 Å². The van der Waals surface area contributed by atoms with Gasteiger partial charge in [0.15, 0.2) is 0 Å². The van der Waals surface area contributed by atoms with Gasteiger partial charge in [-0.05, 0) is 0 Å². The zero-order valence-electron chi connectivity index (χ0n) is 29.4. The third-order valence-corrected chi connectivity index (χ3v) is 86.1. The van der Waals surface area contributed by atoms with E-state index in [9.17, 15) is 0 Å². The molecule has 45 heavy (non-hydrogen) atoms. The van der Waals surface area contributed by atoms with Crippen molar-refractivity contribution in [3.63, 3.8) is 0 Å². The number of hydrogen-bond acceptors (Lipinski definition) is 2. The van der Waals surface area contributed by atoms with Crippen LogP contribution in [0.3, 0.4) is 0 Å². The molecule has 0 aromatic rings. The van der Waals surface area contributed by atoms with Crippen molar-refractivity contribution in [3.05, 3.63) is 0 Å². The molecule has 12 heterocycles. The molecule has 16 rings (SSSR count). The minimum absolute atomic E-state index is 0.0801. The summed E-state index contributed by atoms with van der Waals surface area (Å²) in [6.45, 7) is 18.7. The van der Waals surface area contributed by atoms with Crippen molar-refractivity contribution >= 4 is 25.2 Å². The van der Waals surface area contributed by atoms with Crippen LogP contribution >= 0.6 is 17.2 Å². The van der Waals surface area contributed by atoms with Gasteiger partial charge in [-0.2, -0.15) is 0 Å². The molecule has 0 aromatic heterocycles. The zero-order chi connectivity index (χ0) is 30.3. The SMILES string of the molecule is CC(C)(C)P(C[C]12[CH]3[C]4([Si](C)(C)C)[CH]5[C]1(C(P)(C1CCCNC1)C1CCCNC1)[Fe]35241678[CH]2[CH]1[CH]6[CH]7[CH]28)C1C2CC3CC(C2)CC1C3. The fourth-order valence-corrected chi connectivity index (χ4v) is 147. The van der Waals surface area contributed by atoms with Gasteiger partial charge in [0.05, 0.1) is 0 Å². The molecule has 6 heteroatoms. The minimum atomic E-state index is -3.98. The molecule has 4 saturated carbocycles. The van der Waals surface area contributed by atoms with Gasteiger partial charge in [-0.15, -0.1) is 0 Å². The molecule has 1 spiro atoms. The maximum absolute atomic E-state index is 4.09. The van der Waals surface area contributed by atoms with E-state index in [1.54, 1.807) is 44.9 Å². The Morgan fingerprint density at radius 3 is 1.69 bits per heavy atom. The van der Waals surface area contributed by atoms with E-state index in [1.165, 1.54) is 72.7 Å². The normalized spacial score (nSPS) is 78.4. The number of nitrogens with one attached hydrogen (secondary N) is 2. The van der Waals surface area contributed by atoms with Crippen LogP contribution in [0.15, 0.2) is 0 Å². The van der Waals surface area contributed by atoms with E-state index in [0.29, 0.717) is 10.3 Å². The number of hydrogen-bond donors (Lipinski definition) is 2. The summed E-state index contributed by atoms with van der Waals surface area (Å²) in [6.07, 6.45) is 16.1. The first kappa shape index (κ1) is 26.3. The molecule has 12 aliphatic heterocycles. The van der Waals surface area contributed by atoms with Crippen LogP contribution < -0.4 is 10.6 Å². The third-order valence-electron chi connectivity index (χ3n) is 26.8. The Morgan fingerprint density at radius 2 is 1.29 bits per heavy atom. The van der Waals surface area contributed by atoms with E-state index in [2.05, 4.69) is 60.3 Å². The van der Waals surface area contributed by atoms with Crippen molar-refractivity contribution in [1.29, 1.82) is 0 Å². The molecule has 0 aromatic carbocycles. The van der Waals surface area contributed by atoms with Crippen LogP contribution in [0.25, 0.3) is 0 Å². The van der Waals surface area contributed by atoms with E-state index >= 15 is 0 Å². The number of fused-ring (bicyclic) bond motifs is 10. The Labute approximate surface area is 269 Å².